The van der Waals surface area contributed by atoms with Gasteiger partial charge in [0, 0.05) is 62.3 Å². The fourth-order valence-corrected chi connectivity index (χ4v) is 4.58. The zero-order valence-corrected chi connectivity index (χ0v) is 19.8. The van der Waals surface area contributed by atoms with Gasteiger partial charge in [-0.2, -0.15) is 0 Å². The Kier molecular flexibility index (Phi) is 6.07. The number of aromatic amines is 1. The summed E-state index contributed by atoms with van der Waals surface area (Å²) in [5.41, 5.74) is 7.32. The van der Waals surface area contributed by atoms with E-state index in [0.717, 1.165) is 53.9 Å². The van der Waals surface area contributed by atoms with E-state index in [9.17, 15) is 4.39 Å². The minimum absolute atomic E-state index is 0.289. The molecular weight excluding hydrogens is 427 g/mol. The standard InChI is InChI=1S/C28H29FN4O/c1-32(2)22-7-4-19(5-8-22)18-33-14-11-20(12-15-33)26-17-25-23(10-13-30-28(25)31-26)24-16-21(29)6-9-27(24)34-3/h4-11,13,16-17H,12,14-15,18H2,1-3H3,(H,30,31). The first kappa shape index (κ1) is 22.2. The quantitative estimate of drug-likeness (QED) is 0.402. The number of benzene rings is 2. The highest BCUT2D eigenvalue weighted by Crippen LogP contribution is 2.36. The lowest BCUT2D eigenvalue weighted by Crippen LogP contribution is -2.28. The highest BCUT2D eigenvalue weighted by Gasteiger charge is 2.18. The van der Waals surface area contributed by atoms with Crippen molar-refractivity contribution < 1.29 is 9.13 Å². The fraction of sp³-hybridized carbons (Fsp3) is 0.250. The van der Waals surface area contributed by atoms with Gasteiger partial charge < -0.3 is 14.6 Å². The van der Waals surface area contributed by atoms with Crippen LogP contribution in [0.1, 0.15) is 17.7 Å². The van der Waals surface area contributed by atoms with Gasteiger partial charge >= 0.3 is 0 Å². The Bertz CT molecular complexity index is 1340. The van der Waals surface area contributed by atoms with Crippen molar-refractivity contribution in [1.82, 2.24) is 14.9 Å². The molecular formula is C28H29FN4O. The number of nitrogens with one attached hydrogen (secondary N) is 1. The highest BCUT2D eigenvalue weighted by atomic mass is 19.1. The van der Waals surface area contributed by atoms with E-state index in [0.29, 0.717) is 5.75 Å². The van der Waals surface area contributed by atoms with Crippen molar-refractivity contribution >= 4 is 22.3 Å². The zero-order valence-electron chi connectivity index (χ0n) is 19.8. The van der Waals surface area contributed by atoms with Gasteiger partial charge in [0.05, 0.1) is 7.11 Å². The third-order valence-corrected chi connectivity index (χ3v) is 6.48. The average molecular weight is 457 g/mol. The van der Waals surface area contributed by atoms with Crippen LogP contribution >= 0.6 is 0 Å². The molecule has 3 heterocycles. The summed E-state index contributed by atoms with van der Waals surface area (Å²) in [5, 5.41) is 0.964. The maximum Gasteiger partial charge on any atom is 0.138 e. The fourth-order valence-electron chi connectivity index (χ4n) is 4.58. The molecule has 5 rings (SSSR count). The molecule has 0 saturated carbocycles. The number of methoxy groups -OCH3 is 1. The van der Waals surface area contributed by atoms with Crippen molar-refractivity contribution in [3.8, 4) is 16.9 Å². The second kappa shape index (κ2) is 9.31. The first-order chi connectivity index (χ1) is 16.5. The molecule has 0 amide bonds. The molecule has 0 bridgehead atoms. The molecule has 1 aliphatic heterocycles. The first-order valence-electron chi connectivity index (χ1n) is 11.5. The summed E-state index contributed by atoms with van der Waals surface area (Å²) < 4.78 is 19.5. The smallest absolute Gasteiger partial charge is 0.138 e. The second-order valence-electron chi connectivity index (χ2n) is 8.92. The molecule has 0 saturated heterocycles. The summed E-state index contributed by atoms with van der Waals surface area (Å²) in [6, 6.07) is 17.4. The van der Waals surface area contributed by atoms with Crippen LogP contribution in [0.25, 0.3) is 27.7 Å². The number of rotatable bonds is 6. The number of ether oxygens (including phenoxy) is 1. The lowest BCUT2D eigenvalue weighted by molar-refractivity contribution is 0.294. The molecule has 0 unspecified atom stereocenters. The maximum absolute atomic E-state index is 14.0. The van der Waals surface area contributed by atoms with Gasteiger partial charge in [-0.3, -0.25) is 4.90 Å². The van der Waals surface area contributed by atoms with Crippen molar-refractivity contribution in [2.75, 3.05) is 39.2 Å². The van der Waals surface area contributed by atoms with Gasteiger partial charge in [-0.25, -0.2) is 9.37 Å². The van der Waals surface area contributed by atoms with Gasteiger partial charge in [-0.1, -0.05) is 18.2 Å². The van der Waals surface area contributed by atoms with E-state index in [2.05, 4.69) is 70.3 Å². The second-order valence-corrected chi connectivity index (χ2v) is 8.92. The molecule has 2 aromatic heterocycles. The van der Waals surface area contributed by atoms with Crippen LogP contribution in [0.5, 0.6) is 5.75 Å². The van der Waals surface area contributed by atoms with Gasteiger partial charge in [-0.15, -0.1) is 0 Å². The largest absolute Gasteiger partial charge is 0.496 e. The van der Waals surface area contributed by atoms with Gasteiger partial charge in [0.15, 0.2) is 0 Å². The Morgan fingerprint density at radius 2 is 1.88 bits per heavy atom. The molecule has 2 aromatic carbocycles. The van der Waals surface area contributed by atoms with E-state index in [-0.39, 0.29) is 5.82 Å². The lowest BCUT2D eigenvalue weighted by Gasteiger charge is -2.26. The van der Waals surface area contributed by atoms with Crippen LogP contribution in [0.3, 0.4) is 0 Å². The van der Waals surface area contributed by atoms with E-state index >= 15 is 0 Å². The molecule has 0 fully saturated rings. The normalized spacial score (nSPS) is 14.3. The number of nitrogens with zero attached hydrogens (tertiary/aromatic N) is 3. The third kappa shape index (κ3) is 4.41. The molecule has 174 valence electrons. The van der Waals surface area contributed by atoms with Crippen LogP contribution < -0.4 is 9.64 Å². The minimum atomic E-state index is -0.289. The van der Waals surface area contributed by atoms with Crippen LogP contribution in [-0.2, 0) is 6.54 Å². The molecule has 1 N–H and O–H groups in total. The van der Waals surface area contributed by atoms with Gasteiger partial charge in [-0.05, 0) is 65.6 Å². The molecule has 4 aromatic rings. The van der Waals surface area contributed by atoms with E-state index in [1.807, 2.05) is 6.07 Å². The van der Waals surface area contributed by atoms with Crippen LogP contribution in [0.2, 0.25) is 0 Å². The Balaban J connectivity index is 1.37. The number of pyridine rings is 1. The predicted octanol–water partition coefficient (Wildman–Crippen LogP) is 5.73. The Morgan fingerprint density at radius 3 is 2.59 bits per heavy atom. The maximum atomic E-state index is 14.0. The Labute approximate surface area is 199 Å². The number of H-pyrrole nitrogens is 1. The molecule has 6 heteroatoms. The number of fused-ring (bicyclic) bond motifs is 1. The van der Waals surface area contributed by atoms with Crippen molar-refractivity contribution in [3.63, 3.8) is 0 Å². The number of hydrogen-bond acceptors (Lipinski definition) is 4. The summed E-state index contributed by atoms with van der Waals surface area (Å²) in [6.45, 7) is 2.84. The monoisotopic (exact) mass is 456 g/mol. The van der Waals surface area contributed by atoms with Crippen molar-refractivity contribution in [1.29, 1.82) is 0 Å². The van der Waals surface area contributed by atoms with Crippen LogP contribution in [0, 0.1) is 5.82 Å². The Hall–Kier alpha value is -3.64. The van der Waals surface area contributed by atoms with E-state index in [1.54, 1.807) is 19.4 Å². The van der Waals surface area contributed by atoms with E-state index < -0.39 is 0 Å². The third-order valence-electron chi connectivity index (χ3n) is 6.48. The number of anilines is 1. The first-order valence-corrected chi connectivity index (χ1v) is 11.5. The summed E-state index contributed by atoms with van der Waals surface area (Å²) in [4.78, 5) is 12.6. The summed E-state index contributed by atoms with van der Waals surface area (Å²) in [5.74, 6) is 0.353. The SMILES string of the molecule is COc1ccc(F)cc1-c1ccnc2[nH]c(C3=CCN(Cc4ccc(N(C)C)cc4)CC3)cc12. The number of aromatic nitrogens is 2. The van der Waals surface area contributed by atoms with Crippen LogP contribution in [-0.4, -0.2) is 49.2 Å². The molecule has 0 radical (unpaired) electrons. The zero-order chi connectivity index (χ0) is 23.7. The molecule has 0 atom stereocenters. The van der Waals surface area contributed by atoms with Gasteiger partial charge in [0.25, 0.3) is 0 Å². The van der Waals surface area contributed by atoms with Crippen molar-refractivity contribution in [3.05, 3.63) is 83.9 Å². The minimum Gasteiger partial charge on any atom is -0.496 e. The predicted molar refractivity (Wildman–Crippen MR) is 137 cm³/mol. The average Bonchev–Trinajstić information content (AvgIpc) is 3.29. The summed E-state index contributed by atoms with van der Waals surface area (Å²) >= 11 is 0. The molecule has 34 heavy (non-hydrogen) atoms. The van der Waals surface area contributed by atoms with Gasteiger partial charge in [0.1, 0.15) is 17.2 Å². The van der Waals surface area contributed by atoms with Crippen LogP contribution in [0.15, 0.2) is 66.9 Å². The van der Waals surface area contributed by atoms with E-state index in [4.69, 9.17) is 4.74 Å². The molecule has 0 aliphatic carbocycles. The van der Waals surface area contributed by atoms with Crippen LogP contribution in [0.4, 0.5) is 10.1 Å². The van der Waals surface area contributed by atoms with Crippen molar-refractivity contribution in [2.45, 2.75) is 13.0 Å². The Morgan fingerprint density at radius 1 is 1.06 bits per heavy atom. The van der Waals surface area contributed by atoms with Crippen molar-refractivity contribution in [2.24, 2.45) is 0 Å². The van der Waals surface area contributed by atoms with E-state index in [1.165, 1.54) is 29.0 Å². The summed E-state index contributed by atoms with van der Waals surface area (Å²) in [7, 11) is 5.72. The molecule has 0 spiro atoms. The van der Waals surface area contributed by atoms with Gasteiger partial charge in [0.2, 0.25) is 0 Å². The summed E-state index contributed by atoms with van der Waals surface area (Å²) in [6.07, 6.45) is 5.01. The molecule has 1 aliphatic rings. The molecule has 5 nitrogen and oxygen atoms in total. The number of hydrogen-bond donors (Lipinski definition) is 1. The lowest BCUT2D eigenvalue weighted by atomic mass is 10.0. The highest BCUT2D eigenvalue weighted by molar-refractivity contribution is 5.96. The topological polar surface area (TPSA) is 44.4 Å². The number of halogens is 1.